The van der Waals surface area contributed by atoms with Crippen molar-refractivity contribution in [1.82, 2.24) is 19.7 Å². The van der Waals surface area contributed by atoms with Crippen LogP contribution in [0.2, 0.25) is 5.02 Å². The largest absolute Gasteiger partial charge is 0.484 e. The molecule has 0 spiro atoms. The SMILES string of the molecule is C[C@H](Sc1nnc(COc2ccccc2Cl)n1C1CC1)C(=O)N1CCc2ccccc2C1. The molecule has 0 unspecified atom stereocenters. The van der Waals surface area contributed by atoms with E-state index in [-0.39, 0.29) is 11.2 Å². The Morgan fingerprint density at radius 1 is 1.16 bits per heavy atom. The van der Waals surface area contributed by atoms with Crippen molar-refractivity contribution in [1.29, 1.82) is 0 Å². The second-order valence-corrected chi connectivity index (χ2v) is 9.97. The van der Waals surface area contributed by atoms with Gasteiger partial charge in [-0.2, -0.15) is 0 Å². The lowest BCUT2D eigenvalue weighted by Gasteiger charge is -2.30. The molecule has 1 amide bonds. The van der Waals surface area contributed by atoms with Crippen LogP contribution in [0.5, 0.6) is 5.75 Å². The summed E-state index contributed by atoms with van der Waals surface area (Å²) >= 11 is 7.69. The van der Waals surface area contributed by atoms with E-state index in [4.69, 9.17) is 16.3 Å². The number of fused-ring (bicyclic) bond motifs is 1. The maximum absolute atomic E-state index is 13.2. The van der Waals surface area contributed by atoms with Gasteiger partial charge in [0.15, 0.2) is 11.0 Å². The van der Waals surface area contributed by atoms with Crippen molar-refractivity contribution in [3.8, 4) is 5.75 Å². The highest BCUT2D eigenvalue weighted by atomic mass is 35.5. The Kier molecular flexibility index (Phi) is 6.11. The second kappa shape index (κ2) is 9.16. The molecule has 166 valence electrons. The van der Waals surface area contributed by atoms with E-state index < -0.39 is 0 Å². The lowest BCUT2D eigenvalue weighted by molar-refractivity contribution is -0.131. The summed E-state index contributed by atoms with van der Waals surface area (Å²) in [5.41, 5.74) is 2.58. The molecule has 1 saturated carbocycles. The summed E-state index contributed by atoms with van der Waals surface area (Å²) in [4.78, 5) is 15.1. The van der Waals surface area contributed by atoms with Crippen LogP contribution in [-0.2, 0) is 24.4 Å². The van der Waals surface area contributed by atoms with Crippen molar-refractivity contribution in [3.63, 3.8) is 0 Å². The van der Waals surface area contributed by atoms with Gasteiger partial charge in [0, 0.05) is 19.1 Å². The zero-order valence-corrected chi connectivity index (χ0v) is 19.5. The van der Waals surface area contributed by atoms with Gasteiger partial charge in [-0.1, -0.05) is 59.8 Å². The molecule has 1 aliphatic heterocycles. The van der Waals surface area contributed by atoms with E-state index >= 15 is 0 Å². The highest BCUT2D eigenvalue weighted by Gasteiger charge is 2.32. The maximum Gasteiger partial charge on any atom is 0.236 e. The van der Waals surface area contributed by atoms with Crippen molar-refractivity contribution < 1.29 is 9.53 Å². The van der Waals surface area contributed by atoms with Crippen LogP contribution in [0.4, 0.5) is 0 Å². The molecule has 32 heavy (non-hydrogen) atoms. The standard InChI is InChI=1S/C24H25ClN4O2S/c1-16(23(30)28-13-12-17-6-2-3-7-18(17)14-28)32-24-27-26-22(29(24)19-10-11-19)15-31-21-9-5-4-8-20(21)25/h2-9,16,19H,10-15H2,1H3/t16-/m0/s1. The molecule has 6 nitrogen and oxygen atoms in total. The second-order valence-electron chi connectivity index (χ2n) is 8.26. The minimum Gasteiger partial charge on any atom is -0.484 e. The number of nitrogens with zero attached hydrogens (tertiary/aromatic N) is 4. The molecule has 0 radical (unpaired) electrons. The summed E-state index contributed by atoms with van der Waals surface area (Å²) in [5, 5.41) is 9.90. The van der Waals surface area contributed by atoms with Crippen LogP contribution in [0.15, 0.2) is 53.7 Å². The molecule has 0 bridgehead atoms. The summed E-state index contributed by atoms with van der Waals surface area (Å²) < 4.78 is 8.03. The van der Waals surface area contributed by atoms with Gasteiger partial charge in [0.1, 0.15) is 12.4 Å². The number of hydrogen-bond donors (Lipinski definition) is 0. The van der Waals surface area contributed by atoms with Gasteiger partial charge in [-0.3, -0.25) is 9.36 Å². The van der Waals surface area contributed by atoms with Crippen LogP contribution < -0.4 is 4.74 Å². The number of hydrogen-bond acceptors (Lipinski definition) is 5. The molecule has 0 saturated heterocycles. The van der Waals surface area contributed by atoms with Crippen LogP contribution in [0.1, 0.15) is 42.8 Å². The van der Waals surface area contributed by atoms with E-state index in [0.29, 0.717) is 30.0 Å². The molecule has 8 heteroatoms. The number of benzene rings is 2. The Morgan fingerprint density at radius 2 is 1.91 bits per heavy atom. The van der Waals surface area contributed by atoms with Crippen LogP contribution in [0, 0.1) is 0 Å². The van der Waals surface area contributed by atoms with Gasteiger partial charge in [0.05, 0.1) is 10.3 Å². The average molecular weight is 469 g/mol. The zero-order chi connectivity index (χ0) is 22.1. The predicted octanol–water partition coefficient (Wildman–Crippen LogP) is 4.91. The number of carbonyl (C=O) groups is 1. The molecule has 5 rings (SSSR count). The Balaban J connectivity index is 1.27. The number of amides is 1. The quantitative estimate of drug-likeness (QED) is 0.461. The van der Waals surface area contributed by atoms with Crippen LogP contribution in [0.3, 0.4) is 0 Å². The fourth-order valence-corrected chi connectivity index (χ4v) is 5.25. The van der Waals surface area contributed by atoms with E-state index in [2.05, 4.69) is 33.0 Å². The van der Waals surface area contributed by atoms with Crippen LogP contribution in [0.25, 0.3) is 0 Å². The van der Waals surface area contributed by atoms with Gasteiger partial charge in [0.2, 0.25) is 5.91 Å². The van der Waals surface area contributed by atoms with Crippen molar-refractivity contribution in [2.24, 2.45) is 0 Å². The number of halogens is 1. The predicted molar refractivity (Wildman–Crippen MR) is 125 cm³/mol. The average Bonchev–Trinajstić information content (AvgIpc) is 3.58. The maximum atomic E-state index is 13.2. The van der Waals surface area contributed by atoms with Crippen molar-refractivity contribution in [2.45, 2.75) is 55.8 Å². The Bertz CT molecular complexity index is 1130. The summed E-state index contributed by atoms with van der Waals surface area (Å²) in [7, 11) is 0. The van der Waals surface area contributed by atoms with Crippen molar-refractivity contribution >= 4 is 29.3 Å². The molecule has 1 aromatic heterocycles. The van der Waals surface area contributed by atoms with Crippen LogP contribution in [-0.4, -0.2) is 37.4 Å². The lowest BCUT2D eigenvalue weighted by atomic mass is 10.00. The van der Waals surface area contributed by atoms with Gasteiger partial charge in [-0.15, -0.1) is 10.2 Å². The first-order valence-corrected chi connectivity index (χ1v) is 12.2. The Hall–Kier alpha value is -2.51. The van der Waals surface area contributed by atoms with Crippen molar-refractivity contribution in [2.75, 3.05) is 6.54 Å². The molecule has 1 aliphatic carbocycles. The smallest absolute Gasteiger partial charge is 0.236 e. The van der Waals surface area contributed by atoms with Gasteiger partial charge in [-0.05, 0) is 49.4 Å². The van der Waals surface area contributed by atoms with Crippen LogP contribution >= 0.6 is 23.4 Å². The molecular weight excluding hydrogens is 444 g/mol. The minimum atomic E-state index is -0.237. The summed E-state index contributed by atoms with van der Waals surface area (Å²) in [6, 6.07) is 16.1. The van der Waals surface area contributed by atoms with Gasteiger partial charge in [-0.25, -0.2) is 0 Å². The topological polar surface area (TPSA) is 60.3 Å². The Morgan fingerprint density at radius 3 is 2.69 bits per heavy atom. The third-order valence-corrected chi connectivity index (χ3v) is 7.27. The highest BCUT2D eigenvalue weighted by Crippen LogP contribution is 2.40. The fourth-order valence-electron chi connectivity index (χ4n) is 4.04. The van der Waals surface area contributed by atoms with E-state index in [1.54, 1.807) is 6.07 Å². The van der Waals surface area contributed by atoms with Crippen molar-refractivity contribution in [3.05, 3.63) is 70.5 Å². The van der Waals surface area contributed by atoms with E-state index in [9.17, 15) is 4.79 Å². The first kappa shape index (κ1) is 21.3. The number of carbonyl (C=O) groups excluding carboxylic acids is 1. The molecule has 2 aliphatic rings. The first-order valence-electron chi connectivity index (χ1n) is 10.9. The van der Waals surface area contributed by atoms with Gasteiger partial charge >= 0.3 is 0 Å². The summed E-state index contributed by atoms with van der Waals surface area (Å²) in [6.45, 7) is 3.68. The monoisotopic (exact) mass is 468 g/mol. The fraction of sp³-hybridized carbons (Fsp3) is 0.375. The third-order valence-electron chi connectivity index (χ3n) is 5.91. The Labute approximate surface area is 196 Å². The number of para-hydroxylation sites is 1. The highest BCUT2D eigenvalue weighted by molar-refractivity contribution is 8.00. The summed E-state index contributed by atoms with van der Waals surface area (Å²) in [5.74, 6) is 1.54. The first-order chi connectivity index (χ1) is 15.6. The van der Waals surface area contributed by atoms with E-state index in [1.807, 2.05) is 36.1 Å². The van der Waals surface area contributed by atoms with E-state index in [1.165, 1.54) is 22.9 Å². The molecule has 3 aromatic rings. The summed E-state index contributed by atoms with van der Waals surface area (Å²) in [6.07, 6.45) is 3.09. The molecule has 2 heterocycles. The zero-order valence-electron chi connectivity index (χ0n) is 17.9. The molecule has 1 atom stereocenters. The molecule has 2 aromatic carbocycles. The lowest BCUT2D eigenvalue weighted by Crippen LogP contribution is -2.40. The number of ether oxygens (including phenoxy) is 1. The third kappa shape index (κ3) is 4.50. The van der Waals surface area contributed by atoms with Gasteiger partial charge < -0.3 is 9.64 Å². The molecular formula is C24H25ClN4O2S. The minimum absolute atomic E-state index is 0.142. The molecule has 0 N–H and O–H groups in total. The normalized spacial score (nSPS) is 16.5. The number of aromatic nitrogens is 3. The van der Waals surface area contributed by atoms with E-state index in [0.717, 1.165) is 36.8 Å². The number of thioether (sulfide) groups is 1. The molecule has 1 fully saturated rings. The van der Waals surface area contributed by atoms with Gasteiger partial charge in [0.25, 0.3) is 0 Å². The number of rotatable bonds is 7.